The van der Waals surface area contributed by atoms with Gasteiger partial charge in [-0.1, -0.05) is 0 Å². The maximum Gasteiger partial charge on any atom is 0.238 e. The average molecular weight is 327 g/mol. The summed E-state index contributed by atoms with van der Waals surface area (Å²) in [4.78, 5) is 14.7. The standard InChI is InChI=1S/C18H25N5O/c1-18(2)14-7-15(20-12-5-10-8-19-9-11(10)6-12)21-22-16(14)23(17(18)24)13-3-4-13/h7,10-13,19H,3-6,8-9H2,1-2H3,(H,20,21)/t10-,11+,12?. The Hall–Kier alpha value is -1.69. The quantitative estimate of drug-likeness (QED) is 0.884. The number of nitrogens with zero attached hydrogens (tertiary/aromatic N) is 3. The fourth-order valence-electron chi connectivity index (χ4n) is 4.77. The molecule has 0 bridgehead atoms. The summed E-state index contributed by atoms with van der Waals surface area (Å²) >= 11 is 0. The van der Waals surface area contributed by atoms with Gasteiger partial charge in [-0.15, -0.1) is 10.2 Å². The van der Waals surface area contributed by atoms with Crippen molar-refractivity contribution in [2.75, 3.05) is 23.3 Å². The van der Waals surface area contributed by atoms with Crippen LogP contribution in [0.3, 0.4) is 0 Å². The fraction of sp³-hybridized carbons (Fsp3) is 0.722. The zero-order valence-corrected chi connectivity index (χ0v) is 14.4. The SMILES string of the molecule is CC1(C)C(=O)N(C2CC2)c2nnc(NC3C[C@H]4CNC[C@H]4C3)cc21. The van der Waals surface area contributed by atoms with Crippen molar-refractivity contribution in [3.8, 4) is 0 Å². The van der Waals surface area contributed by atoms with Gasteiger partial charge in [0.25, 0.3) is 0 Å². The highest BCUT2D eigenvalue weighted by Gasteiger charge is 2.50. The monoisotopic (exact) mass is 327 g/mol. The number of hydrogen-bond donors (Lipinski definition) is 2. The molecule has 0 spiro atoms. The van der Waals surface area contributed by atoms with Crippen LogP contribution in [0.15, 0.2) is 6.07 Å². The van der Waals surface area contributed by atoms with Gasteiger partial charge in [0.05, 0.1) is 5.41 Å². The molecule has 1 amide bonds. The van der Waals surface area contributed by atoms with Crippen LogP contribution in [0.2, 0.25) is 0 Å². The Morgan fingerprint density at radius 2 is 1.92 bits per heavy atom. The molecule has 128 valence electrons. The zero-order valence-electron chi connectivity index (χ0n) is 14.4. The number of anilines is 2. The molecule has 0 radical (unpaired) electrons. The van der Waals surface area contributed by atoms with E-state index >= 15 is 0 Å². The van der Waals surface area contributed by atoms with Crippen LogP contribution in [0.5, 0.6) is 0 Å². The second-order valence-electron chi connectivity index (χ2n) is 8.49. The summed E-state index contributed by atoms with van der Waals surface area (Å²) < 4.78 is 0. The molecule has 3 heterocycles. The number of nitrogens with one attached hydrogen (secondary N) is 2. The van der Waals surface area contributed by atoms with Crippen molar-refractivity contribution in [3.05, 3.63) is 11.6 Å². The third-order valence-corrected chi connectivity index (χ3v) is 6.35. The molecule has 2 saturated carbocycles. The normalized spacial score (nSPS) is 33.7. The summed E-state index contributed by atoms with van der Waals surface area (Å²) in [5, 5.41) is 15.9. The minimum absolute atomic E-state index is 0.174. The molecular formula is C18H25N5O. The number of fused-ring (bicyclic) bond motifs is 2. The number of rotatable bonds is 3. The van der Waals surface area contributed by atoms with Crippen LogP contribution in [0, 0.1) is 11.8 Å². The first-order valence-corrected chi connectivity index (χ1v) is 9.23. The van der Waals surface area contributed by atoms with Crippen LogP contribution in [0.1, 0.15) is 45.1 Å². The second-order valence-corrected chi connectivity index (χ2v) is 8.49. The summed E-state index contributed by atoms with van der Waals surface area (Å²) in [6.45, 7) is 6.31. The van der Waals surface area contributed by atoms with Gasteiger partial charge in [-0.05, 0) is 70.5 Å². The van der Waals surface area contributed by atoms with E-state index in [0.29, 0.717) is 12.1 Å². The summed E-state index contributed by atoms with van der Waals surface area (Å²) in [7, 11) is 0. The molecule has 4 aliphatic rings. The molecule has 0 aromatic carbocycles. The Bertz CT molecular complexity index is 687. The Morgan fingerprint density at radius 3 is 2.58 bits per heavy atom. The van der Waals surface area contributed by atoms with Gasteiger partial charge in [-0.2, -0.15) is 0 Å². The molecule has 5 rings (SSSR count). The molecule has 24 heavy (non-hydrogen) atoms. The molecule has 3 fully saturated rings. The van der Waals surface area contributed by atoms with E-state index in [2.05, 4.69) is 26.9 Å². The van der Waals surface area contributed by atoms with Crippen molar-refractivity contribution in [2.24, 2.45) is 11.8 Å². The number of carbonyl (C=O) groups excluding carboxylic acids is 1. The van der Waals surface area contributed by atoms with E-state index in [1.165, 1.54) is 12.8 Å². The van der Waals surface area contributed by atoms with E-state index in [0.717, 1.165) is 55.0 Å². The molecule has 2 aliphatic carbocycles. The maximum atomic E-state index is 12.8. The van der Waals surface area contributed by atoms with Crippen LogP contribution in [-0.2, 0) is 10.2 Å². The molecule has 6 nitrogen and oxygen atoms in total. The molecule has 3 atom stereocenters. The minimum atomic E-state index is -0.500. The van der Waals surface area contributed by atoms with Gasteiger partial charge in [0, 0.05) is 17.6 Å². The second kappa shape index (κ2) is 4.91. The van der Waals surface area contributed by atoms with E-state index in [1.54, 1.807) is 0 Å². The number of hydrogen-bond acceptors (Lipinski definition) is 5. The van der Waals surface area contributed by atoms with Gasteiger partial charge in [0.15, 0.2) is 5.82 Å². The van der Waals surface area contributed by atoms with E-state index in [-0.39, 0.29) is 5.91 Å². The summed E-state index contributed by atoms with van der Waals surface area (Å²) in [5.74, 6) is 3.38. The molecule has 1 aromatic heterocycles. The van der Waals surface area contributed by atoms with Gasteiger partial charge in [-0.25, -0.2) is 0 Å². The van der Waals surface area contributed by atoms with Gasteiger partial charge >= 0.3 is 0 Å². The highest BCUT2D eigenvalue weighted by atomic mass is 16.2. The Balaban J connectivity index is 1.40. The summed E-state index contributed by atoms with van der Waals surface area (Å²) in [6.07, 6.45) is 4.57. The van der Waals surface area contributed by atoms with Crippen molar-refractivity contribution < 1.29 is 4.79 Å². The van der Waals surface area contributed by atoms with Crippen LogP contribution in [0.25, 0.3) is 0 Å². The highest BCUT2D eigenvalue weighted by Crippen LogP contribution is 2.46. The largest absolute Gasteiger partial charge is 0.366 e. The number of carbonyl (C=O) groups is 1. The van der Waals surface area contributed by atoms with E-state index < -0.39 is 5.41 Å². The third-order valence-electron chi connectivity index (χ3n) is 6.35. The van der Waals surface area contributed by atoms with Gasteiger partial charge < -0.3 is 10.6 Å². The number of amides is 1. The van der Waals surface area contributed by atoms with Crippen molar-refractivity contribution in [1.82, 2.24) is 15.5 Å². The molecule has 2 N–H and O–H groups in total. The predicted octanol–water partition coefficient (Wildman–Crippen LogP) is 1.67. The first-order valence-electron chi connectivity index (χ1n) is 9.23. The van der Waals surface area contributed by atoms with Crippen LogP contribution in [-0.4, -0.2) is 41.3 Å². The van der Waals surface area contributed by atoms with E-state index in [4.69, 9.17) is 0 Å². The Kier molecular flexibility index (Phi) is 2.99. The summed E-state index contributed by atoms with van der Waals surface area (Å²) in [6, 6.07) is 2.89. The van der Waals surface area contributed by atoms with Crippen molar-refractivity contribution in [2.45, 2.75) is 57.0 Å². The Morgan fingerprint density at radius 1 is 1.21 bits per heavy atom. The number of aromatic nitrogens is 2. The maximum absolute atomic E-state index is 12.8. The topological polar surface area (TPSA) is 70.2 Å². The van der Waals surface area contributed by atoms with Crippen LogP contribution >= 0.6 is 0 Å². The minimum Gasteiger partial charge on any atom is -0.366 e. The van der Waals surface area contributed by atoms with Crippen LogP contribution in [0.4, 0.5) is 11.6 Å². The Labute approximate surface area is 142 Å². The van der Waals surface area contributed by atoms with Crippen molar-refractivity contribution in [1.29, 1.82) is 0 Å². The van der Waals surface area contributed by atoms with E-state index in [9.17, 15) is 4.79 Å². The van der Waals surface area contributed by atoms with Gasteiger partial charge in [0.1, 0.15) is 5.82 Å². The predicted molar refractivity (Wildman–Crippen MR) is 92.1 cm³/mol. The molecule has 1 saturated heterocycles. The average Bonchev–Trinajstić information content (AvgIpc) is 3.10. The first-order chi connectivity index (χ1) is 11.5. The van der Waals surface area contributed by atoms with E-state index in [1.807, 2.05) is 18.7 Å². The van der Waals surface area contributed by atoms with Gasteiger partial charge in [0.2, 0.25) is 5.91 Å². The molecule has 2 aliphatic heterocycles. The first kappa shape index (κ1) is 14.6. The lowest BCUT2D eigenvalue weighted by Gasteiger charge is -2.18. The lowest BCUT2D eigenvalue weighted by Crippen LogP contribution is -2.37. The smallest absolute Gasteiger partial charge is 0.238 e. The van der Waals surface area contributed by atoms with Gasteiger partial charge in [-0.3, -0.25) is 9.69 Å². The lowest BCUT2D eigenvalue weighted by molar-refractivity contribution is -0.122. The van der Waals surface area contributed by atoms with Crippen molar-refractivity contribution in [3.63, 3.8) is 0 Å². The zero-order chi connectivity index (χ0) is 16.5. The molecule has 6 heteroatoms. The van der Waals surface area contributed by atoms with Crippen LogP contribution < -0.4 is 15.5 Å². The highest BCUT2D eigenvalue weighted by molar-refractivity contribution is 6.07. The fourth-order valence-corrected chi connectivity index (χ4v) is 4.77. The molecule has 1 unspecified atom stereocenters. The third kappa shape index (κ3) is 2.08. The summed E-state index contributed by atoms with van der Waals surface area (Å²) in [5.41, 5.74) is 0.525. The lowest BCUT2D eigenvalue weighted by atomic mass is 9.87. The molecule has 1 aromatic rings. The van der Waals surface area contributed by atoms with Crippen molar-refractivity contribution >= 4 is 17.5 Å². The molecular weight excluding hydrogens is 302 g/mol.